The SMILES string of the molecule is N=C(N)c1cc(F)c(Sc2n[nH]c(=O)n2C2CC2)c(F)c1. The van der Waals surface area contributed by atoms with Crippen molar-refractivity contribution in [1.29, 1.82) is 5.41 Å². The van der Waals surface area contributed by atoms with Crippen LogP contribution >= 0.6 is 11.8 Å². The molecule has 0 atom stereocenters. The molecule has 3 rings (SSSR count). The highest BCUT2D eigenvalue weighted by Gasteiger charge is 2.29. The van der Waals surface area contributed by atoms with Crippen molar-refractivity contribution >= 4 is 17.6 Å². The predicted octanol–water partition coefficient (Wildman–Crippen LogP) is 1.62. The average molecular weight is 311 g/mol. The summed E-state index contributed by atoms with van der Waals surface area (Å²) < 4.78 is 29.4. The fraction of sp³-hybridized carbons (Fsp3) is 0.250. The number of nitrogen functional groups attached to an aromatic ring is 1. The van der Waals surface area contributed by atoms with E-state index < -0.39 is 17.5 Å². The number of benzene rings is 1. The number of aromatic amines is 1. The molecule has 1 aliphatic carbocycles. The minimum absolute atomic E-state index is 0.0315. The van der Waals surface area contributed by atoms with Gasteiger partial charge in [0.25, 0.3) is 0 Å². The van der Waals surface area contributed by atoms with Crippen molar-refractivity contribution in [2.75, 3.05) is 0 Å². The third-order valence-electron chi connectivity index (χ3n) is 3.09. The zero-order valence-electron chi connectivity index (χ0n) is 10.7. The molecular weight excluding hydrogens is 300 g/mol. The van der Waals surface area contributed by atoms with E-state index >= 15 is 0 Å². The van der Waals surface area contributed by atoms with Crippen LogP contribution in [-0.4, -0.2) is 20.6 Å². The largest absolute Gasteiger partial charge is 0.384 e. The fourth-order valence-electron chi connectivity index (χ4n) is 1.92. The van der Waals surface area contributed by atoms with Gasteiger partial charge in [-0.15, -0.1) is 5.10 Å². The lowest BCUT2D eigenvalue weighted by atomic mass is 10.2. The van der Waals surface area contributed by atoms with Gasteiger partial charge in [0.15, 0.2) is 5.16 Å². The topological polar surface area (TPSA) is 101 Å². The maximum absolute atomic E-state index is 14.0. The van der Waals surface area contributed by atoms with Crippen LogP contribution in [0.1, 0.15) is 24.4 Å². The van der Waals surface area contributed by atoms with Crippen LogP contribution in [0.25, 0.3) is 0 Å². The third kappa shape index (κ3) is 2.56. The second-order valence-electron chi connectivity index (χ2n) is 4.70. The Morgan fingerprint density at radius 1 is 1.43 bits per heavy atom. The zero-order valence-corrected chi connectivity index (χ0v) is 11.5. The van der Waals surface area contributed by atoms with Crippen LogP contribution in [0.2, 0.25) is 0 Å². The first kappa shape index (κ1) is 13.8. The molecule has 0 aliphatic heterocycles. The minimum Gasteiger partial charge on any atom is -0.384 e. The molecule has 0 unspecified atom stereocenters. The number of aromatic nitrogens is 3. The molecular formula is C12H11F2N5OS. The Balaban J connectivity index is 1.99. The smallest absolute Gasteiger partial charge is 0.344 e. The van der Waals surface area contributed by atoms with E-state index in [1.807, 2.05) is 0 Å². The van der Waals surface area contributed by atoms with Crippen LogP contribution in [0.5, 0.6) is 0 Å². The number of nitrogens with zero attached hydrogens (tertiary/aromatic N) is 2. The van der Waals surface area contributed by atoms with E-state index in [-0.39, 0.29) is 27.3 Å². The summed E-state index contributed by atoms with van der Waals surface area (Å²) in [6.07, 6.45) is 1.70. The first-order valence-corrected chi connectivity index (χ1v) is 6.97. The molecule has 0 radical (unpaired) electrons. The van der Waals surface area contributed by atoms with E-state index in [9.17, 15) is 13.6 Å². The van der Waals surface area contributed by atoms with Crippen LogP contribution in [-0.2, 0) is 0 Å². The number of hydrogen-bond donors (Lipinski definition) is 3. The number of halogens is 2. The molecule has 1 aromatic heterocycles. The summed E-state index contributed by atoms with van der Waals surface area (Å²) in [4.78, 5) is 11.3. The highest BCUT2D eigenvalue weighted by molar-refractivity contribution is 7.99. The van der Waals surface area contributed by atoms with Crippen molar-refractivity contribution in [1.82, 2.24) is 14.8 Å². The van der Waals surface area contributed by atoms with Gasteiger partial charge in [-0.05, 0) is 36.7 Å². The monoisotopic (exact) mass is 311 g/mol. The first-order chi connectivity index (χ1) is 9.97. The molecule has 0 bridgehead atoms. The summed E-state index contributed by atoms with van der Waals surface area (Å²) in [5, 5.41) is 13.5. The molecule has 110 valence electrons. The van der Waals surface area contributed by atoms with Gasteiger partial charge in [0, 0.05) is 11.6 Å². The number of nitrogens with one attached hydrogen (secondary N) is 2. The van der Waals surface area contributed by atoms with Gasteiger partial charge in [0.1, 0.15) is 17.5 Å². The lowest BCUT2D eigenvalue weighted by molar-refractivity contribution is 0.538. The molecule has 0 spiro atoms. The summed E-state index contributed by atoms with van der Waals surface area (Å²) in [5.41, 5.74) is 4.79. The minimum atomic E-state index is -0.844. The highest BCUT2D eigenvalue weighted by atomic mass is 32.2. The third-order valence-corrected chi connectivity index (χ3v) is 4.15. The van der Waals surface area contributed by atoms with Crippen LogP contribution in [0, 0.1) is 17.0 Å². The Morgan fingerprint density at radius 3 is 2.57 bits per heavy atom. The van der Waals surface area contributed by atoms with Gasteiger partial charge in [-0.3, -0.25) is 9.98 Å². The van der Waals surface area contributed by atoms with E-state index in [0.717, 1.165) is 36.7 Å². The Hall–Kier alpha value is -2.16. The number of rotatable bonds is 4. The van der Waals surface area contributed by atoms with Crippen molar-refractivity contribution in [3.63, 3.8) is 0 Å². The van der Waals surface area contributed by atoms with Gasteiger partial charge < -0.3 is 5.73 Å². The van der Waals surface area contributed by atoms with E-state index in [0.29, 0.717) is 0 Å². The van der Waals surface area contributed by atoms with Crippen molar-refractivity contribution in [2.24, 2.45) is 5.73 Å². The normalized spacial score (nSPS) is 14.4. The molecule has 0 saturated heterocycles. The van der Waals surface area contributed by atoms with Gasteiger partial charge in [-0.2, -0.15) is 0 Å². The zero-order chi connectivity index (χ0) is 15.1. The van der Waals surface area contributed by atoms with Crippen LogP contribution < -0.4 is 11.4 Å². The number of nitrogens with two attached hydrogens (primary N) is 1. The van der Waals surface area contributed by atoms with Gasteiger partial charge in [-0.25, -0.2) is 18.7 Å². The lowest BCUT2D eigenvalue weighted by Gasteiger charge is -2.07. The molecule has 6 nitrogen and oxygen atoms in total. The van der Waals surface area contributed by atoms with Crippen molar-refractivity contribution in [2.45, 2.75) is 28.9 Å². The molecule has 4 N–H and O–H groups in total. The lowest BCUT2D eigenvalue weighted by Crippen LogP contribution is -2.16. The van der Waals surface area contributed by atoms with E-state index in [4.69, 9.17) is 11.1 Å². The van der Waals surface area contributed by atoms with Crippen LogP contribution in [0.3, 0.4) is 0 Å². The maximum atomic E-state index is 14.0. The molecule has 9 heteroatoms. The second-order valence-corrected chi connectivity index (χ2v) is 5.67. The first-order valence-electron chi connectivity index (χ1n) is 6.15. The average Bonchev–Trinajstić information content (AvgIpc) is 3.18. The molecule has 1 fully saturated rings. The van der Waals surface area contributed by atoms with Crippen LogP contribution in [0.4, 0.5) is 8.78 Å². The highest BCUT2D eigenvalue weighted by Crippen LogP contribution is 2.38. The number of amidine groups is 1. The molecule has 0 amide bonds. The fourth-order valence-corrected chi connectivity index (χ4v) is 2.84. The summed E-state index contributed by atoms with van der Waals surface area (Å²) in [6.45, 7) is 0. The van der Waals surface area contributed by atoms with E-state index in [1.54, 1.807) is 0 Å². The Kier molecular flexibility index (Phi) is 3.28. The summed E-state index contributed by atoms with van der Waals surface area (Å²) >= 11 is 0.736. The number of hydrogen-bond acceptors (Lipinski definition) is 4. The maximum Gasteiger partial charge on any atom is 0.344 e. The summed E-state index contributed by atoms with van der Waals surface area (Å²) in [5.74, 6) is -2.11. The molecule has 21 heavy (non-hydrogen) atoms. The van der Waals surface area contributed by atoms with Crippen molar-refractivity contribution < 1.29 is 8.78 Å². The number of H-pyrrole nitrogens is 1. The summed E-state index contributed by atoms with van der Waals surface area (Å²) in [7, 11) is 0. The van der Waals surface area contributed by atoms with Gasteiger partial charge in [0.05, 0.1) is 4.90 Å². The van der Waals surface area contributed by atoms with E-state index in [1.165, 1.54) is 4.57 Å². The van der Waals surface area contributed by atoms with Gasteiger partial charge >= 0.3 is 5.69 Å². The van der Waals surface area contributed by atoms with E-state index in [2.05, 4.69) is 10.2 Å². The van der Waals surface area contributed by atoms with Crippen LogP contribution in [0.15, 0.2) is 27.0 Å². The Bertz CT molecular complexity index is 757. The predicted molar refractivity (Wildman–Crippen MR) is 72.6 cm³/mol. The Morgan fingerprint density at radius 2 is 2.05 bits per heavy atom. The quantitative estimate of drug-likeness (QED) is 0.590. The molecule has 2 aromatic rings. The summed E-state index contributed by atoms with van der Waals surface area (Å²) in [6, 6.07) is 2.02. The van der Waals surface area contributed by atoms with Crippen molar-refractivity contribution in [3.05, 3.63) is 39.8 Å². The van der Waals surface area contributed by atoms with Gasteiger partial charge in [0.2, 0.25) is 0 Å². The second kappa shape index (κ2) is 4.99. The molecule has 1 aromatic carbocycles. The molecule has 1 heterocycles. The molecule has 1 saturated carbocycles. The standard InChI is InChI=1S/C12H11F2N5OS/c13-7-3-5(10(15)16)4-8(14)9(7)21-12-18-17-11(20)19(12)6-1-2-6/h3-4,6H,1-2H2,(H3,15,16)(H,17,20). The van der Waals surface area contributed by atoms with Gasteiger partial charge in [-0.1, -0.05) is 0 Å². The van der Waals surface area contributed by atoms with Crippen molar-refractivity contribution in [3.8, 4) is 0 Å². The molecule has 1 aliphatic rings. The Labute approximate surface area is 121 Å².